The SMILES string of the molecule is Cc1cc(I)cc(C(=O)NCC(C)O)c1C. The van der Waals surface area contributed by atoms with Gasteiger partial charge in [-0.3, -0.25) is 4.79 Å². The number of amides is 1. The molecular formula is C12H16INO2. The van der Waals surface area contributed by atoms with Crippen LogP contribution in [0.2, 0.25) is 0 Å². The van der Waals surface area contributed by atoms with Crippen LogP contribution in [0.25, 0.3) is 0 Å². The van der Waals surface area contributed by atoms with Gasteiger partial charge in [0.25, 0.3) is 5.91 Å². The second-order valence-electron chi connectivity index (χ2n) is 3.95. The van der Waals surface area contributed by atoms with Gasteiger partial charge in [0.15, 0.2) is 0 Å². The van der Waals surface area contributed by atoms with Gasteiger partial charge in [0.05, 0.1) is 6.10 Å². The maximum Gasteiger partial charge on any atom is 0.251 e. The maximum absolute atomic E-state index is 11.8. The van der Waals surface area contributed by atoms with E-state index in [-0.39, 0.29) is 12.5 Å². The lowest BCUT2D eigenvalue weighted by Gasteiger charge is -2.11. The van der Waals surface area contributed by atoms with Gasteiger partial charge in [0.1, 0.15) is 0 Å². The Kier molecular flexibility index (Phi) is 4.73. The molecule has 0 heterocycles. The van der Waals surface area contributed by atoms with Crippen molar-refractivity contribution in [3.8, 4) is 0 Å². The molecule has 1 atom stereocenters. The highest BCUT2D eigenvalue weighted by Gasteiger charge is 2.11. The number of aliphatic hydroxyl groups excluding tert-OH is 1. The first-order valence-electron chi connectivity index (χ1n) is 5.15. The van der Waals surface area contributed by atoms with Crippen LogP contribution < -0.4 is 5.32 Å². The lowest BCUT2D eigenvalue weighted by Crippen LogP contribution is -2.31. The van der Waals surface area contributed by atoms with Gasteiger partial charge in [-0.05, 0) is 66.6 Å². The average Bonchev–Trinajstić information content (AvgIpc) is 2.19. The third-order valence-corrected chi connectivity index (χ3v) is 3.06. The van der Waals surface area contributed by atoms with Crippen molar-refractivity contribution in [3.63, 3.8) is 0 Å². The molecule has 0 aliphatic heterocycles. The third-order valence-electron chi connectivity index (χ3n) is 2.43. The van der Waals surface area contributed by atoms with Gasteiger partial charge in [-0.2, -0.15) is 0 Å². The number of hydrogen-bond acceptors (Lipinski definition) is 2. The molecule has 1 unspecified atom stereocenters. The molecule has 0 bridgehead atoms. The first-order chi connectivity index (χ1) is 7.41. The summed E-state index contributed by atoms with van der Waals surface area (Å²) in [6, 6.07) is 3.90. The van der Waals surface area contributed by atoms with Crippen LogP contribution in [-0.2, 0) is 0 Å². The van der Waals surface area contributed by atoms with Crippen LogP contribution >= 0.6 is 22.6 Å². The highest BCUT2D eigenvalue weighted by molar-refractivity contribution is 14.1. The molecule has 0 saturated carbocycles. The van der Waals surface area contributed by atoms with E-state index in [4.69, 9.17) is 5.11 Å². The summed E-state index contributed by atoms with van der Waals surface area (Å²) in [6.07, 6.45) is -0.520. The van der Waals surface area contributed by atoms with Crippen LogP contribution in [0.1, 0.15) is 28.4 Å². The van der Waals surface area contributed by atoms with Crippen LogP contribution in [-0.4, -0.2) is 23.7 Å². The van der Waals surface area contributed by atoms with Crippen molar-refractivity contribution in [2.75, 3.05) is 6.54 Å². The molecule has 1 aromatic carbocycles. The van der Waals surface area contributed by atoms with Crippen molar-refractivity contribution >= 4 is 28.5 Å². The normalized spacial score (nSPS) is 12.3. The van der Waals surface area contributed by atoms with Gasteiger partial charge in [-0.15, -0.1) is 0 Å². The minimum atomic E-state index is -0.520. The third kappa shape index (κ3) is 3.45. The van der Waals surface area contributed by atoms with E-state index in [0.29, 0.717) is 5.56 Å². The van der Waals surface area contributed by atoms with Crippen LogP contribution in [0.15, 0.2) is 12.1 Å². The minimum Gasteiger partial charge on any atom is -0.392 e. The smallest absolute Gasteiger partial charge is 0.251 e. The average molecular weight is 333 g/mol. The predicted molar refractivity (Wildman–Crippen MR) is 72.6 cm³/mol. The Morgan fingerprint density at radius 2 is 2.12 bits per heavy atom. The van der Waals surface area contributed by atoms with Gasteiger partial charge in [0.2, 0.25) is 0 Å². The molecule has 1 amide bonds. The molecule has 0 aliphatic carbocycles. The quantitative estimate of drug-likeness (QED) is 0.832. The van der Waals surface area contributed by atoms with E-state index in [1.807, 2.05) is 26.0 Å². The van der Waals surface area contributed by atoms with Crippen LogP contribution in [0.4, 0.5) is 0 Å². The van der Waals surface area contributed by atoms with E-state index in [9.17, 15) is 4.79 Å². The number of nitrogens with one attached hydrogen (secondary N) is 1. The monoisotopic (exact) mass is 333 g/mol. The fraction of sp³-hybridized carbons (Fsp3) is 0.417. The lowest BCUT2D eigenvalue weighted by molar-refractivity contribution is 0.0923. The van der Waals surface area contributed by atoms with Crippen molar-refractivity contribution < 1.29 is 9.90 Å². The number of aliphatic hydroxyl groups is 1. The molecule has 1 aromatic rings. The molecule has 3 nitrogen and oxygen atoms in total. The first-order valence-corrected chi connectivity index (χ1v) is 6.22. The maximum atomic E-state index is 11.8. The van der Waals surface area contributed by atoms with Gasteiger partial charge >= 0.3 is 0 Å². The summed E-state index contributed by atoms with van der Waals surface area (Å²) in [6.45, 7) is 5.85. The lowest BCUT2D eigenvalue weighted by atomic mass is 10.0. The number of benzene rings is 1. The second kappa shape index (κ2) is 5.63. The summed E-state index contributed by atoms with van der Waals surface area (Å²) in [4.78, 5) is 11.8. The van der Waals surface area contributed by atoms with Crippen LogP contribution in [0.3, 0.4) is 0 Å². The number of carbonyl (C=O) groups excluding carboxylic acids is 1. The fourth-order valence-corrected chi connectivity index (χ4v) is 2.17. The van der Waals surface area contributed by atoms with E-state index in [2.05, 4.69) is 27.9 Å². The van der Waals surface area contributed by atoms with Crippen LogP contribution in [0.5, 0.6) is 0 Å². The zero-order valence-corrected chi connectivity index (χ0v) is 11.8. The van der Waals surface area contributed by atoms with E-state index in [0.717, 1.165) is 14.7 Å². The van der Waals surface area contributed by atoms with E-state index >= 15 is 0 Å². The topological polar surface area (TPSA) is 49.3 Å². The Balaban J connectivity index is 2.91. The molecule has 0 aromatic heterocycles. The second-order valence-corrected chi connectivity index (χ2v) is 5.20. The molecule has 4 heteroatoms. The van der Waals surface area contributed by atoms with Gasteiger partial charge in [-0.25, -0.2) is 0 Å². The number of hydrogen-bond donors (Lipinski definition) is 2. The Morgan fingerprint density at radius 1 is 1.50 bits per heavy atom. The number of aryl methyl sites for hydroxylation is 1. The molecule has 0 fully saturated rings. The summed E-state index contributed by atoms with van der Waals surface area (Å²) in [7, 11) is 0. The molecular weight excluding hydrogens is 317 g/mol. The molecule has 88 valence electrons. The Hall–Kier alpha value is -0.620. The van der Waals surface area contributed by atoms with E-state index in [1.165, 1.54) is 0 Å². The Labute approximate surface area is 109 Å². The summed E-state index contributed by atoms with van der Waals surface area (Å²) in [5, 5.41) is 11.8. The Bertz CT molecular complexity index is 402. The molecule has 0 saturated heterocycles. The molecule has 0 radical (unpaired) electrons. The largest absolute Gasteiger partial charge is 0.392 e. The first kappa shape index (κ1) is 13.4. The molecule has 16 heavy (non-hydrogen) atoms. The van der Waals surface area contributed by atoms with Crippen LogP contribution in [0, 0.1) is 17.4 Å². The van der Waals surface area contributed by atoms with Crippen molar-refractivity contribution in [1.29, 1.82) is 0 Å². The van der Waals surface area contributed by atoms with Gasteiger partial charge in [0, 0.05) is 15.7 Å². The number of carbonyl (C=O) groups is 1. The number of rotatable bonds is 3. The fourth-order valence-electron chi connectivity index (χ4n) is 1.39. The Morgan fingerprint density at radius 3 is 2.69 bits per heavy atom. The van der Waals surface area contributed by atoms with Gasteiger partial charge in [-0.1, -0.05) is 0 Å². The van der Waals surface area contributed by atoms with Crippen molar-refractivity contribution in [2.24, 2.45) is 0 Å². The zero-order valence-electron chi connectivity index (χ0n) is 9.67. The molecule has 0 spiro atoms. The number of halogens is 1. The molecule has 1 rings (SSSR count). The van der Waals surface area contributed by atoms with E-state index < -0.39 is 6.10 Å². The van der Waals surface area contributed by atoms with Crippen molar-refractivity contribution in [3.05, 3.63) is 32.4 Å². The van der Waals surface area contributed by atoms with Gasteiger partial charge < -0.3 is 10.4 Å². The highest BCUT2D eigenvalue weighted by atomic mass is 127. The predicted octanol–water partition coefficient (Wildman–Crippen LogP) is 2.02. The zero-order chi connectivity index (χ0) is 12.3. The van der Waals surface area contributed by atoms with Crippen molar-refractivity contribution in [2.45, 2.75) is 26.9 Å². The summed E-state index contributed by atoms with van der Waals surface area (Å²) >= 11 is 2.19. The molecule has 2 N–H and O–H groups in total. The summed E-state index contributed by atoms with van der Waals surface area (Å²) in [5.74, 6) is -0.125. The minimum absolute atomic E-state index is 0.125. The summed E-state index contributed by atoms with van der Waals surface area (Å²) in [5.41, 5.74) is 2.78. The van der Waals surface area contributed by atoms with E-state index in [1.54, 1.807) is 6.92 Å². The molecule has 0 aliphatic rings. The highest BCUT2D eigenvalue weighted by Crippen LogP contribution is 2.17. The summed E-state index contributed by atoms with van der Waals surface area (Å²) < 4.78 is 1.04. The van der Waals surface area contributed by atoms with Crippen molar-refractivity contribution in [1.82, 2.24) is 5.32 Å². The standard InChI is InChI=1S/C12H16INO2/c1-7-4-10(13)5-11(9(7)3)12(16)14-6-8(2)15/h4-5,8,15H,6H2,1-3H3,(H,14,16).